The van der Waals surface area contributed by atoms with Crippen molar-refractivity contribution >= 4 is 50.4 Å². The van der Waals surface area contributed by atoms with Crippen molar-refractivity contribution < 1.29 is 22.7 Å². The van der Waals surface area contributed by atoms with E-state index in [-0.39, 0.29) is 16.6 Å². The number of imidazole rings is 1. The Bertz CT molecular complexity index is 1220. The summed E-state index contributed by atoms with van der Waals surface area (Å²) in [5.41, 5.74) is 2.21. The molecule has 9 nitrogen and oxygen atoms in total. The fourth-order valence-electron chi connectivity index (χ4n) is 2.91. The van der Waals surface area contributed by atoms with Crippen LogP contribution in [-0.4, -0.2) is 42.2 Å². The zero-order valence-corrected chi connectivity index (χ0v) is 18.6. The predicted octanol–water partition coefficient (Wildman–Crippen LogP) is 2.61. The van der Waals surface area contributed by atoms with Gasteiger partial charge in [0, 0.05) is 12.2 Å². The number of thioether (sulfide) groups is 1. The normalized spacial score (nSPS) is 11.5. The van der Waals surface area contributed by atoms with Gasteiger partial charge in [-0.3, -0.25) is 4.79 Å². The van der Waals surface area contributed by atoms with Gasteiger partial charge in [0.1, 0.15) is 0 Å². The summed E-state index contributed by atoms with van der Waals surface area (Å²) in [4.78, 5) is 28.5. The third kappa shape index (κ3) is 5.43. The summed E-state index contributed by atoms with van der Waals surface area (Å²) in [6.45, 7) is 4.56. The van der Waals surface area contributed by atoms with E-state index in [9.17, 15) is 18.0 Å². The van der Waals surface area contributed by atoms with Gasteiger partial charge >= 0.3 is 5.97 Å². The molecule has 0 aliphatic rings. The van der Waals surface area contributed by atoms with Crippen molar-refractivity contribution in [3.8, 4) is 0 Å². The molecule has 3 rings (SSSR count). The Kier molecular flexibility index (Phi) is 6.98. The van der Waals surface area contributed by atoms with E-state index in [0.717, 1.165) is 5.52 Å². The van der Waals surface area contributed by atoms with Crippen molar-refractivity contribution in [2.75, 3.05) is 17.7 Å². The van der Waals surface area contributed by atoms with Crippen LogP contribution >= 0.6 is 11.8 Å². The Balaban J connectivity index is 1.69. The molecule has 0 fully saturated rings. The maximum absolute atomic E-state index is 12.4. The number of nitrogens with two attached hydrogens (primary N) is 1. The number of sulfonamides is 1. The van der Waals surface area contributed by atoms with E-state index in [1.165, 1.54) is 23.9 Å². The smallest absolute Gasteiger partial charge is 0.338 e. The summed E-state index contributed by atoms with van der Waals surface area (Å²) in [5, 5.41) is 8.55. The molecule has 1 amide bonds. The van der Waals surface area contributed by atoms with Crippen molar-refractivity contribution in [1.29, 1.82) is 0 Å². The quantitative estimate of drug-likeness (QED) is 0.388. The molecule has 31 heavy (non-hydrogen) atoms. The average Bonchev–Trinajstić information content (AvgIpc) is 3.09. The molecule has 0 saturated heterocycles. The minimum absolute atomic E-state index is 0.0127. The van der Waals surface area contributed by atoms with Crippen molar-refractivity contribution in [1.82, 2.24) is 9.55 Å². The van der Waals surface area contributed by atoms with Gasteiger partial charge in [-0.1, -0.05) is 11.8 Å². The van der Waals surface area contributed by atoms with Crippen molar-refractivity contribution in [2.24, 2.45) is 5.14 Å². The molecule has 1 heterocycles. The molecule has 0 aliphatic carbocycles. The molecule has 11 heteroatoms. The van der Waals surface area contributed by atoms with Gasteiger partial charge in [-0.05, 0) is 56.3 Å². The van der Waals surface area contributed by atoms with Crippen molar-refractivity contribution in [3.63, 3.8) is 0 Å². The largest absolute Gasteiger partial charge is 0.462 e. The highest BCUT2D eigenvalue weighted by Gasteiger charge is 2.16. The van der Waals surface area contributed by atoms with Gasteiger partial charge in [0.05, 0.1) is 33.9 Å². The fourth-order valence-corrected chi connectivity index (χ4v) is 4.32. The van der Waals surface area contributed by atoms with Crippen LogP contribution in [0.15, 0.2) is 52.5 Å². The fraction of sp³-hybridized carbons (Fsp3) is 0.250. The first kappa shape index (κ1) is 22.8. The Hall–Kier alpha value is -2.89. The second-order valence-corrected chi connectivity index (χ2v) is 8.97. The van der Waals surface area contributed by atoms with Gasteiger partial charge in [-0.25, -0.2) is 23.3 Å². The number of amides is 1. The van der Waals surface area contributed by atoms with Gasteiger partial charge in [0.15, 0.2) is 5.16 Å². The average molecular weight is 463 g/mol. The first-order valence-electron chi connectivity index (χ1n) is 9.45. The number of aromatic nitrogens is 2. The molecular weight excluding hydrogens is 440 g/mol. The monoisotopic (exact) mass is 462 g/mol. The topological polar surface area (TPSA) is 133 Å². The van der Waals surface area contributed by atoms with E-state index < -0.39 is 16.0 Å². The van der Waals surface area contributed by atoms with Crippen molar-refractivity contribution in [3.05, 3.63) is 48.0 Å². The summed E-state index contributed by atoms with van der Waals surface area (Å²) >= 11 is 1.24. The van der Waals surface area contributed by atoms with Crippen LogP contribution in [-0.2, 0) is 26.1 Å². The van der Waals surface area contributed by atoms with Crippen LogP contribution in [0, 0.1) is 0 Å². The first-order valence-corrected chi connectivity index (χ1v) is 12.0. The Morgan fingerprint density at radius 1 is 1.16 bits per heavy atom. The van der Waals surface area contributed by atoms with Crippen LogP contribution in [0.5, 0.6) is 0 Å². The van der Waals surface area contributed by atoms with Crippen LogP contribution in [0.25, 0.3) is 11.0 Å². The van der Waals surface area contributed by atoms with Gasteiger partial charge in [-0.15, -0.1) is 0 Å². The molecule has 1 aromatic heterocycles. The number of carbonyl (C=O) groups excluding carboxylic acids is 2. The van der Waals surface area contributed by atoms with Crippen molar-refractivity contribution in [2.45, 2.75) is 30.4 Å². The minimum Gasteiger partial charge on any atom is -0.462 e. The van der Waals surface area contributed by atoms with E-state index in [1.54, 1.807) is 37.3 Å². The van der Waals surface area contributed by atoms with E-state index in [2.05, 4.69) is 10.3 Å². The van der Waals surface area contributed by atoms with E-state index in [1.807, 2.05) is 11.5 Å². The number of hydrogen-bond acceptors (Lipinski definition) is 7. The zero-order valence-electron chi connectivity index (χ0n) is 17.0. The molecule has 0 aliphatic heterocycles. The number of esters is 1. The summed E-state index contributed by atoms with van der Waals surface area (Å²) < 4.78 is 30.0. The number of ether oxygens (including phenoxy) is 1. The highest BCUT2D eigenvalue weighted by atomic mass is 32.2. The zero-order chi connectivity index (χ0) is 22.6. The Morgan fingerprint density at radius 3 is 2.48 bits per heavy atom. The lowest BCUT2D eigenvalue weighted by atomic mass is 10.2. The molecule has 0 atom stereocenters. The number of nitrogens with one attached hydrogen (secondary N) is 1. The maximum atomic E-state index is 12.4. The van der Waals surface area contributed by atoms with Crippen LogP contribution in [0.2, 0.25) is 0 Å². The third-order valence-electron chi connectivity index (χ3n) is 4.34. The lowest BCUT2D eigenvalue weighted by Gasteiger charge is -2.08. The minimum atomic E-state index is -3.83. The maximum Gasteiger partial charge on any atom is 0.338 e. The third-order valence-corrected chi connectivity index (χ3v) is 6.23. The van der Waals surface area contributed by atoms with Gasteiger partial charge < -0.3 is 14.6 Å². The summed E-state index contributed by atoms with van der Waals surface area (Å²) in [7, 11) is -3.83. The Morgan fingerprint density at radius 2 is 1.87 bits per heavy atom. The van der Waals surface area contributed by atoms with Gasteiger partial charge in [0.25, 0.3) is 0 Å². The number of primary sulfonamides is 1. The number of hydrogen-bond donors (Lipinski definition) is 2. The number of aryl methyl sites for hydroxylation is 1. The van der Waals surface area contributed by atoms with E-state index >= 15 is 0 Å². The highest BCUT2D eigenvalue weighted by molar-refractivity contribution is 7.99. The molecule has 2 aromatic carbocycles. The lowest BCUT2D eigenvalue weighted by Crippen LogP contribution is -2.14. The standard InChI is InChI=1S/C20H22N4O5S2/c1-3-24-17-10-9-15(31(21,27)28)11-16(17)23-20(24)30-12-18(25)22-14-7-5-13(6-8-14)19(26)29-4-2/h5-11H,3-4,12H2,1-2H3,(H,22,25)(H2,21,27,28). The van der Waals surface area contributed by atoms with Gasteiger partial charge in [-0.2, -0.15) is 0 Å². The van der Waals surface area contributed by atoms with Crippen LogP contribution < -0.4 is 10.5 Å². The predicted molar refractivity (Wildman–Crippen MR) is 119 cm³/mol. The molecule has 0 radical (unpaired) electrons. The number of nitrogens with zero attached hydrogens (tertiary/aromatic N) is 2. The highest BCUT2D eigenvalue weighted by Crippen LogP contribution is 2.26. The number of fused-ring (bicyclic) bond motifs is 1. The Labute approximate surface area is 184 Å². The molecule has 0 saturated carbocycles. The number of benzene rings is 2. The summed E-state index contributed by atoms with van der Waals surface area (Å²) in [6.07, 6.45) is 0. The molecule has 0 spiro atoms. The molecule has 3 aromatic rings. The molecule has 0 unspecified atom stereocenters. The summed E-state index contributed by atoms with van der Waals surface area (Å²) in [5.74, 6) is -0.556. The first-order chi connectivity index (χ1) is 14.7. The van der Waals surface area contributed by atoms with Crippen LogP contribution in [0.3, 0.4) is 0 Å². The second kappa shape index (κ2) is 9.50. The summed E-state index contributed by atoms with van der Waals surface area (Å²) in [6, 6.07) is 10.9. The SMILES string of the molecule is CCOC(=O)c1ccc(NC(=O)CSc2nc3cc(S(N)(=O)=O)ccc3n2CC)cc1. The van der Waals surface area contributed by atoms with E-state index in [0.29, 0.717) is 35.1 Å². The molecule has 3 N–H and O–H groups in total. The van der Waals surface area contributed by atoms with Crippen LogP contribution in [0.1, 0.15) is 24.2 Å². The van der Waals surface area contributed by atoms with E-state index in [4.69, 9.17) is 9.88 Å². The number of carbonyl (C=O) groups is 2. The molecule has 0 bridgehead atoms. The number of rotatable bonds is 8. The number of anilines is 1. The van der Waals surface area contributed by atoms with Crippen LogP contribution in [0.4, 0.5) is 5.69 Å². The molecule has 164 valence electrons. The second-order valence-electron chi connectivity index (χ2n) is 6.47. The lowest BCUT2D eigenvalue weighted by molar-refractivity contribution is -0.113. The van der Waals surface area contributed by atoms with Gasteiger partial charge in [0.2, 0.25) is 15.9 Å². The molecular formula is C20H22N4O5S2.